The topological polar surface area (TPSA) is 9.72 Å². The molecule has 384 valence electrons. The van der Waals surface area contributed by atoms with E-state index in [9.17, 15) is 0 Å². The summed E-state index contributed by atoms with van der Waals surface area (Å²) in [7, 11) is 0. The molecule has 14 rings (SSSR count). The van der Waals surface area contributed by atoms with E-state index in [0.717, 1.165) is 23.5 Å². The average Bonchev–Trinajstić information content (AvgIpc) is 4.13. The van der Waals surface area contributed by atoms with Crippen molar-refractivity contribution in [1.29, 1.82) is 0 Å². The van der Waals surface area contributed by atoms with Gasteiger partial charge in [-0.1, -0.05) is 151 Å². The van der Waals surface area contributed by atoms with Crippen LogP contribution in [-0.4, -0.2) is 6.71 Å². The van der Waals surface area contributed by atoms with Crippen LogP contribution in [0.1, 0.15) is 174 Å². The van der Waals surface area contributed by atoms with Gasteiger partial charge in [-0.15, -0.1) is 11.3 Å². The summed E-state index contributed by atoms with van der Waals surface area (Å²) in [5.41, 5.74) is 25.2. The van der Waals surface area contributed by atoms with Crippen LogP contribution in [0.25, 0.3) is 10.1 Å². The predicted octanol–water partition coefficient (Wildman–Crippen LogP) is 18.2. The molecular formula is C71H76BN3S. The van der Waals surface area contributed by atoms with Gasteiger partial charge in [0.05, 0.1) is 10.7 Å². The van der Waals surface area contributed by atoms with Gasteiger partial charge in [0.15, 0.2) is 0 Å². The van der Waals surface area contributed by atoms with Crippen LogP contribution in [0.3, 0.4) is 0 Å². The van der Waals surface area contributed by atoms with Crippen molar-refractivity contribution in [1.82, 2.24) is 0 Å². The van der Waals surface area contributed by atoms with Crippen LogP contribution in [0.15, 0.2) is 140 Å². The second-order valence-corrected chi connectivity index (χ2v) is 29.6. The molecule has 2 atom stereocenters. The van der Waals surface area contributed by atoms with Gasteiger partial charge in [0.1, 0.15) is 0 Å². The zero-order valence-electron chi connectivity index (χ0n) is 47.6. The van der Waals surface area contributed by atoms with E-state index in [0.29, 0.717) is 0 Å². The quantitative estimate of drug-likeness (QED) is 0.159. The van der Waals surface area contributed by atoms with E-state index in [1.165, 1.54) is 126 Å². The zero-order chi connectivity index (χ0) is 52.9. The van der Waals surface area contributed by atoms with Crippen LogP contribution in [0.5, 0.6) is 0 Å². The molecule has 0 spiro atoms. The fourth-order valence-corrected chi connectivity index (χ4v) is 17.1. The molecule has 5 heteroatoms. The van der Waals surface area contributed by atoms with Gasteiger partial charge in [-0.2, -0.15) is 0 Å². The first kappa shape index (κ1) is 48.3. The number of fused-ring (bicyclic) bond motifs is 13. The lowest BCUT2D eigenvalue weighted by Gasteiger charge is -2.46. The average molecular weight is 1010 g/mol. The number of nitrogens with zero attached hydrogens (tertiary/aromatic N) is 3. The Kier molecular flexibility index (Phi) is 10.1. The fourth-order valence-electron chi connectivity index (χ4n) is 15.8. The first-order valence-corrected chi connectivity index (χ1v) is 29.5. The molecule has 7 aromatic carbocycles. The number of benzene rings is 7. The number of rotatable bonds is 5. The van der Waals surface area contributed by atoms with Crippen LogP contribution >= 0.6 is 11.3 Å². The number of hydrogen-bond donors (Lipinski definition) is 0. The van der Waals surface area contributed by atoms with Gasteiger partial charge < -0.3 is 14.7 Å². The molecule has 4 aliphatic carbocycles. The summed E-state index contributed by atoms with van der Waals surface area (Å²) >= 11 is 2.05. The second-order valence-electron chi connectivity index (χ2n) is 28.5. The van der Waals surface area contributed by atoms with Gasteiger partial charge in [0, 0.05) is 44.5 Å². The van der Waals surface area contributed by atoms with Gasteiger partial charge in [-0.3, -0.25) is 0 Å². The van der Waals surface area contributed by atoms with Crippen molar-refractivity contribution in [2.75, 3.05) is 14.7 Å². The highest BCUT2D eigenvalue weighted by Crippen LogP contribution is 2.62. The third-order valence-electron chi connectivity index (χ3n) is 20.5. The Morgan fingerprint density at radius 1 is 0.447 bits per heavy atom. The summed E-state index contributed by atoms with van der Waals surface area (Å²) < 4.78 is 1.42. The van der Waals surface area contributed by atoms with E-state index in [1.54, 1.807) is 11.1 Å². The Labute approximate surface area is 458 Å². The lowest BCUT2D eigenvalue weighted by Crippen LogP contribution is -2.61. The molecule has 2 bridgehead atoms. The highest BCUT2D eigenvalue weighted by molar-refractivity contribution is 7.26. The molecule has 0 N–H and O–H groups in total. The highest BCUT2D eigenvalue weighted by atomic mass is 32.1. The Balaban J connectivity index is 1.14. The largest absolute Gasteiger partial charge is 0.311 e. The first-order valence-electron chi connectivity index (χ1n) is 28.7. The predicted molar refractivity (Wildman–Crippen MR) is 328 cm³/mol. The van der Waals surface area contributed by atoms with E-state index in [1.807, 2.05) is 11.3 Å². The Bertz CT molecular complexity index is 3700. The van der Waals surface area contributed by atoms with Crippen LogP contribution in [-0.2, 0) is 37.9 Å². The summed E-state index contributed by atoms with van der Waals surface area (Å²) in [5, 5.41) is 2.80. The number of hydrogen-bond acceptors (Lipinski definition) is 4. The molecule has 2 unspecified atom stereocenters. The van der Waals surface area contributed by atoms with Crippen molar-refractivity contribution < 1.29 is 0 Å². The van der Waals surface area contributed by atoms with Gasteiger partial charge in [0.2, 0.25) is 0 Å². The van der Waals surface area contributed by atoms with E-state index in [4.69, 9.17) is 0 Å². The van der Waals surface area contributed by atoms with E-state index < -0.39 is 0 Å². The molecule has 6 aliphatic rings. The maximum atomic E-state index is 2.75. The van der Waals surface area contributed by atoms with Gasteiger partial charge in [-0.05, 0) is 222 Å². The van der Waals surface area contributed by atoms with Crippen molar-refractivity contribution >= 4 is 95.0 Å². The molecule has 2 aliphatic heterocycles. The summed E-state index contributed by atoms with van der Waals surface area (Å²) in [4.78, 5) is 7.95. The molecule has 0 amide bonds. The first-order chi connectivity index (χ1) is 36.0. The molecule has 3 nitrogen and oxygen atoms in total. The minimum atomic E-state index is -0.0474. The van der Waals surface area contributed by atoms with Crippen molar-refractivity contribution in [2.45, 2.75) is 173 Å². The molecule has 3 heterocycles. The maximum Gasteiger partial charge on any atom is 0.254 e. The Hall–Kier alpha value is -6.04. The molecule has 1 fully saturated rings. The third-order valence-corrected chi connectivity index (χ3v) is 21.6. The number of para-hydroxylation sites is 2. The standard InChI is InChI=1S/C71H76BN3S/c1-65(2,3)44-24-29-58-57(36-44)72-62-50-41-55-56(71(13)35-34-70(55,12)43-71)42-61(50)76-64(62)75(48-26-28-52-54(38-48)69(10,11)33-31-67(52,6)7)60-40-49(73(45-20-16-14-17-21-45)46-22-18-15-19-23-46)39-59(63(60)72)74(58)47-25-27-51-53(37-47)68(8,9)32-30-66(51,4)5/h14-29,36-42H,30-35,43H2,1-13H3. The molecule has 76 heavy (non-hydrogen) atoms. The number of anilines is 9. The molecular weight excluding hydrogens is 938 g/mol. The minimum absolute atomic E-state index is 0.00413. The lowest BCUT2D eigenvalue weighted by molar-refractivity contribution is 0.332. The van der Waals surface area contributed by atoms with Crippen LogP contribution < -0.4 is 31.1 Å². The SMILES string of the molecule is CC(C)(C)c1ccc2c(c1)B1c3c(cc(N(c4ccccc4)c4ccccc4)cc3N(c3ccc4c(c3)C(C)(C)CCC4(C)C)c3sc4cc5c(cc4c31)C1(C)CCC5(C)C1)N2c1ccc2c(c1)C(C)(C)CCC2(C)C. The molecule has 1 aromatic heterocycles. The van der Waals surface area contributed by atoms with Gasteiger partial charge in [-0.25, -0.2) is 0 Å². The van der Waals surface area contributed by atoms with E-state index in [2.05, 4.69) is 244 Å². The molecule has 8 aromatic rings. The molecule has 1 saturated carbocycles. The van der Waals surface area contributed by atoms with E-state index in [-0.39, 0.29) is 44.6 Å². The maximum absolute atomic E-state index is 2.75. The smallest absolute Gasteiger partial charge is 0.254 e. The minimum Gasteiger partial charge on any atom is -0.311 e. The Morgan fingerprint density at radius 2 is 0.947 bits per heavy atom. The van der Waals surface area contributed by atoms with Crippen LogP contribution in [0, 0.1) is 0 Å². The third kappa shape index (κ3) is 6.91. The number of thiophene rings is 1. The summed E-state index contributed by atoms with van der Waals surface area (Å²) in [6, 6.07) is 55.4. The lowest BCUT2D eigenvalue weighted by atomic mass is 9.33. The normalized spacial score (nSPS) is 22.6. The summed E-state index contributed by atoms with van der Waals surface area (Å²) in [6.45, 7) is 32.1. The zero-order valence-corrected chi connectivity index (χ0v) is 48.4. The highest BCUT2D eigenvalue weighted by Gasteiger charge is 2.54. The van der Waals surface area contributed by atoms with Crippen molar-refractivity contribution in [3.8, 4) is 0 Å². The Morgan fingerprint density at radius 3 is 1.49 bits per heavy atom. The monoisotopic (exact) mass is 1010 g/mol. The second kappa shape index (κ2) is 15.8. The van der Waals surface area contributed by atoms with Gasteiger partial charge >= 0.3 is 0 Å². The van der Waals surface area contributed by atoms with Crippen LogP contribution in [0.2, 0.25) is 0 Å². The van der Waals surface area contributed by atoms with Gasteiger partial charge in [0.25, 0.3) is 6.71 Å². The molecule has 0 saturated heterocycles. The fraction of sp³-hybridized carbons (Fsp3) is 0.380. The van der Waals surface area contributed by atoms with E-state index >= 15 is 0 Å². The summed E-state index contributed by atoms with van der Waals surface area (Å²) in [6.07, 6.45) is 8.50. The summed E-state index contributed by atoms with van der Waals surface area (Å²) in [5.74, 6) is 0. The van der Waals surface area contributed by atoms with Crippen molar-refractivity contribution in [3.05, 3.63) is 178 Å². The molecule has 0 radical (unpaired) electrons. The van der Waals surface area contributed by atoms with Crippen molar-refractivity contribution in [2.24, 2.45) is 0 Å². The van der Waals surface area contributed by atoms with Crippen LogP contribution in [0.4, 0.5) is 50.5 Å². The van der Waals surface area contributed by atoms with Crippen molar-refractivity contribution in [3.63, 3.8) is 0 Å².